The lowest BCUT2D eigenvalue weighted by Crippen LogP contribution is -2.54. The van der Waals surface area contributed by atoms with Gasteiger partial charge in [-0.05, 0) is 44.0 Å². The van der Waals surface area contributed by atoms with Crippen LogP contribution in [0.25, 0.3) is 0 Å². The van der Waals surface area contributed by atoms with Gasteiger partial charge in [0, 0.05) is 24.6 Å². The van der Waals surface area contributed by atoms with E-state index in [4.69, 9.17) is 0 Å². The molecule has 0 aliphatic rings. The summed E-state index contributed by atoms with van der Waals surface area (Å²) >= 11 is 0. The fourth-order valence-corrected chi connectivity index (χ4v) is 5.09. The van der Waals surface area contributed by atoms with E-state index in [1.165, 1.54) is 11.0 Å². The highest BCUT2D eigenvalue weighted by molar-refractivity contribution is 7.92. The number of sulfonamides is 1. The molecule has 202 valence electrons. The summed E-state index contributed by atoms with van der Waals surface area (Å²) < 4.78 is 41.4. The van der Waals surface area contributed by atoms with Gasteiger partial charge in [0.15, 0.2) is 0 Å². The van der Waals surface area contributed by atoms with E-state index in [0.29, 0.717) is 11.3 Å². The molecule has 0 heterocycles. The van der Waals surface area contributed by atoms with Crippen LogP contribution in [-0.4, -0.2) is 50.0 Å². The molecule has 3 aromatic rings. The predicted octanol–water partition coefficient (Wildman–Crippen LogP) is 4.06. The van der Waals surface area contributed by atoms with Crippen LogP contribution >= 0.6 is 0 Å². The molecule has 0 radical (unpaired) electrons. The van der Waals surface area contributed by atoms with Gasteiger partial charge >= 0.3 is 0 Å². The highest BCUT2D eigenvalue weighted by atomic mass is 32.2. The van der Waals surface area contributed by atoms with Crippen molar-refractivity contribution in [3.8, 4) is 0 Å². The van der Waals surface area contributed by atoms with Crippen molar-refractivity contribution in [1.29, 1.82) is 0 Å². The van der Waals surface area contributed by atoms with Crippen molar-refractivity contribution in [2.24, 2.45) is 0 Å². The Kier molecular flexibility index (Phi) is 9.63. The van der Waals surface area contributed by atoms with Crippen molar-refractivity contribution >= 4 is 27.5 Å². The molecule has 38 heavy (non-hydrogen) atoms. The second kappa shape index (κ2) is 12.7. The van der Waals surface area contributed by atoms with E-state index >= 15 is 0 Å². The standard InChI is InChI=1S/C29H34FN3O4S/c1-21(2)31-29(35)27(18-23-13-6-5-7-14-23)32(19-24-15-9-10-16-25(24)30)28(34)20-33(38(4,36)37)26-17-11-8-12-22(26)3/h5-17,21,27H,18-20H2,1-4H3,(H,31,35)/t27-/m0/s1. The van der Waals surface area contributed by atoms with Gasteiger partial charge in [0.25, 0.3) is 0 Å². The van der Waals surface area contributed by atoms with E-state index in [1.54, 1.807) is 49.4 Å². The maximum atomic E-state index is 14.7. The number of rotatable bonds is 11. The summed E-state index contributed by atoms with van der Waals surface area (Å²) in [5.74, 6) is -1.55. The number of anilines is 1. The summed E-state index contributed by atoms with van der Waals surface area (Å²) in [6, 6.07) is 20.9. The first-order chi connectivity index (χ1) is 18.0. The summed E-state index contributed by atoms with van der Waals surface area (Å²) in [7, 11) is -3.86. The van der Waals surface area contributed by atoms with Gasteiger partial charge in [-0.2, -0.15) is 0 Å². The normalized spacial score (nSPS) is 12.2. The Balaban J connectivity index is 2.08. The number of para-hydroxylation sites is 1. The van der Waals surface area contributed by atoms with Crippen LogP contribution in [0.5, 0.6) is 0 Å². The number of benzene rings is 3. The number of carbonyl (C=O) groups is 2. The van der Waals surface area contributed by atoms with Gasteiger partial charge in [0.05, 0.1) is 11.9 Å². The second-order valence-corrected chi connectivity index (χ2v) is 11.4. The van der Waals surface area contributed by atoms with E-state index in [2.05, 4.69) is 5.32 Å². The third-order valence-corrected chi connectivity index (χ3v) is 7.19. The first-order valence-corrected chi connectivity index (χ1v) is 14.2. The Bertz CT molecular complexity index is 1360. The number of halogens is 1. The van der Waals surface area contributed by atoms with Crippen LogP contribution in [0.15, 0.2) is 78.9 Å². The van der Waals surface area contributed by atoms with Crippen LogP contribution in [0.2, 0.25) is 0 Å². The number of aryl methyl sites for hydroxylation is 1. The highest BCUT2D eigenvalue weighted by Crippen LogP contribution is 2.24. The Morgan fingerprint density at radius 1 is 0.921 bits per heavy atom. The average Bonchev–Trinajstić information content (AvgIpc) is 2.85. The summed E-state index contributed by atoms with van der Waals surface area (Å²) in [5.41, 5.74) is 2.06. The van der Waals surface area contributed by atoms with Crippen molar-refractivity contribution in [3.63, 3.8) is 0 Å². The molecule has 0 aromatic heterocycles. The van der Waals surface area contributed by atoms with Gasteiger partial charge in [0.2, 0.25) is 21.8 Å². The fraction of sp³-hybridized carbons (Fsp3) is 0.310. The summed E-state index contributed by atoms with van der Waals surface area (Å²) in [6.45, 7) is 4.62. The Morgan fingerprint density at radius 3 is 2.13 bits per heavy atom. The molecular weight excluding hydrogens is 505 g/mol. The summed E-state index contributed by atoms with van der Waals surface area (Å²) in [5, 5.41) is 2.86. The van der Waals surface area contributed by atoms with Crippen molar-refractivity contribution in [1.82, 2.24) is 10.2 Å². The molecule has 3 rings (SSSR count). The predicted molar refractivity (Wildman–Crippen MR) is 148 cm³/mol. The lowest BCUT2D eigenvalue weighted by Gasteiger charge is -2.34. The number of nitrogens with one attached hydrogen (secondary N) is 1. The molecule has 9 heteroatoms. The molecule has 0 unspecified atom stereocenters. The first-order valence-electron chi connectivity index (χ1n) is 12.4. The number of hydrogen-bond acceptors (Lipinski definition) is 4. The van der Waals surface area contributed by atoms with E-state index in [0.717, 1.165) is 16.1 Å². The zero-order valence-corrected chi connectivity index (χ0v) is 22.9. The maximum Gasteiger partial charge on any atom is 0.244 e. The lowest BCUT2D eigenvalue weighted by molar-refractivity contribution is -0.140. The zero-order valence-electron chi connectivity index (χ0n) is 22.1. The Labute approximate surface area is 224 Å². The van der Waals surface area contributed by atoms with Gasteiger partial charge in [-0.25, -0.2) is 12.8 Å². The van der Waals surface area contributed by atoms with E-state index in [9.17, 15) is 22.4 Å². The lowest BCUT2D eigenvalue weighted by atomic mass is 10.0. The Hall–Kier alpha value is -3.72. The minimum absolute atomic E-state index is 0.169. The monoisotopic (exact) mass is 539 g/mol. The SMILES string of the molecule is Cc1ccccc1N(CC(=O)N(Cc1ccccc1F)[C@@H](Cc1ccccc1)C(=O)NC(C)C)S(C)(=O)=O. The van der Waals surface area contributed by atoms with Crippen molar-refractivity contribution < 1.29 is 22.4 Å². The molecule has 0 saturated heterocycles. The number of amides is 2. The van der Waals surface area contributed by atoms with E-state index in [-0.39, 0.29) is 24.6 Å². The van der Waals surface area contributed by atoms with Crippen LogP contribution in [-0.2, 0) is 32.6 Å². The number of nitrogens with zero attached hydrogens (tertiary/aromatic N) is 2. The molecule has 1 N–H and O–H groups in total. The van der Waals surface area contributed by atoms with Crippen LogP contribution < -0.4 is 9.62 Å². The minimum atomic E-state index is -3.86. The topological polar surface area (TPSA) is 86.8 Å². The molecule has 0 fully saturated rings. The van der Waals surface area contributed by atoms with E-state index in [1.807, 2.05) is 44.2 Å². The van der Waals surface area contributed by atoms with Crippen LogP contribution in [0.3, 0.4) is 0 Å². The van der Waals surface area contributed by atoms with Crippen molar-refractivity contribution in [3.05, 3.63) is 101 Å². The molecule has 0 saturated carbocycles. The molecule has 0 spiro atoms. The van der Waals surface area contributed by atoms with E-state index < -0.39 is 40.2 Å². The third kappa shape index (κ3) is 7.64. The number of carbonyl (C=O) groups excluding carboxylic acids is 2. The molecular formula is C29H34FN3O4S. The third-order valence-electron chi connectivity index (χ3n) is 6.06. The molecule has 3 aromatic carbocycles. The second-order valence-electron chi connectivity index (χ2n) is 9.54. The van der Waals surface area contributed by atoms with Gasteiger partial charge in [-0.3, -0.25) is 13.9 Å². The van der Waals surface area contributed by atoms with Crippen LogP contribution in [0.1, 0.15) is 30.5 Å². The smallest absolute Gasteiger partial charge is 0.244 e. The summed E-state index contributed by atoms with van der Waals surface area (Å²) in [4.78, 5) is 28.7. The van der Waals surface area contributed by atoms with Crippen LogP contribution in [0, 0.1) is 12.7 Å². The quantitative estimate of drug-likeness (QED) is 0.398. The van der Waals surface area contributed by atoms with Gasteiger partial charge < -0.3 is 10.2 Å². The molecule has 1 atom stereocenters. The fourth-order valence-electron chi connectivity index (χ4n) is 4.18. The molecule has 0 bridgehead atoms. The van der Waals surface area contributed by atoms with Gasteiger partial charge in [0.1, 0.15) is 18.4 Å². The van der Waals surface area contributed by atoms with Gasteiger partial charge in [-0.1, -0.05) is 66.7 Å². The highest BCUT2D eigenvalue weighted by Gasteiger charge is 2.33. The average molecular weight is 540 g/mol. The maximum absolute atomic E-state index is 14.7. The first kappa shape index (κ1) is 28.8. The summed E-state index contributed by atoms with van der Waals surface area (Å²) in [6.07, 6.45) is 1.20. The molecule has 7 nitrogen and oxygen atoms in total. The van der Waals surface area contributed by atoms with Gasteiger partial charge in [-0.15, -0.1) is 0 Å². The minimum Gasteiger partial charge on any atom is -0.352 e. The largest absolute Gasteiger partial charge is 0.352 e. The Morgan fingerprint density at radius 2 is 1.53 bits per heavy atom. The molecule has 0 aliphatic carbocycles. The zero-order chi connectivity index (χ0) is 27.9. The van der Waals surface area contributed by atoms with Crippen molar-refractivity contribution in [2.75, 3.05) is 17.1 Å². The molecule has 0 aliphatic heterocycles. The van der Waals surface area contributed by atoms with Crippen molar-refractivity contribution in [2.45, 2.75) is 45.8 Å². The molecule has 2 amide bonds. The number of hydrogen-bond donors (Lipinski definition) is 1. The van der Waals surface area contributed by atoms with Crippen LogP contribution in [0.4, 0.5) is 10.1 Å².